The van der Waals surface area contributed by atoms with Crippen molar-refractivity contribution >= 4 is 22.9 Å². The Labute approximate surface area is 228 Å². The predicted molar refractivity (Wildman–Crippen MR) is 140 cm³/mol. The van der Waals surface area contributed by atoms with Gasteiger partial charge in [0.05, 0.1) is 5.69 Å². The summed E-state index contributed by atoms with van der Waals surface area (Å²) in [4.78, 5) is 39.6. The van der Waals surface area contributed by atoms with Gasteiger partial charge in [0.15, 0.2) is 17.8 Å². The Hall–Kier alpha value is -3.68. The molecule has 0 bridgehead atoms. The Bertz CT molecular complexity index is 1410. The van der Waals surface area contributed by atoms with E-state index in [1.165, 1.54) is 12.1 Å². The highest BCUT2D eigenvalue weighted by Crippen LogP contribution is 2.32. The maximum absolute atomic E-state index is 13.4. The van der Waals surface area contributed by atoms with Crippen LogP contribution in [0.2, 0.25) is 0 Å². The number of aliphatic carboxylic acids is 2. The lowest BCUT2D eigenvalue weighted by Gasteiger charge is -2.31. The zero-order valence-corrected chi connectivity index (χ0v) is 22.1. The van der Waals surface area contributed by atoms with Gasteiger partial charge in [-0.1, -0.05) is 5.16 Å². The number of piperidine rings is 1. The third-order valence-electron chi connectivity index (χ3n) is 7.50. The van der Waals surface area contributed by atoms with Crippen LogP contribution in [-0.4, -0.2) is 83.8 Å². The van der Waals surface area contributed by atoms with Gasteiger partial charge in [-0.15, -0.1) is 0 Å². The molecule has 1 saturated heterocycles. The summed E-state index contributed by atoms with van der Waals surface area (Å²) >= 11 is 0. The number of likely N-dealkylation sites (tertiary alicyclic amines) is 1. The zero-order chi connectivity index (χ0) is 29.0. The summed E-state index contributed by atoms with van der Waals surface area (Å²) in [5, 5.41) is 37.7. The number of carbonyl (C=O) groups is 2. The van der Waals surface area contributed by atoms with Crippen LogP contribution in [0.5, 0.6) is 0 Å². The molecule has 13 heteroatoms. The van der Waals surface area contributed by atoms with Gasteiger partial charge in [0.2, 0.25) is 0 Å². The van der Waals surface area contributed by atoms with Crippen LogP contribution in [0.1, 0.15) is 54.4 Å². The lowest BCUT2D eigenvalue weighted by atomic mass is 9.91. The molecular weight excluding hydrogens is 527 g/mol. The van der Waals surface area contributed by atoms with E-state index in [-0.39, 0.29) is 11.4 Å². The summed E-state index contributed by atoms with van der Waals surface area (Å²) in [6.45, 7) is 5.55. The molecule has 0 amide bonds. The van der Waals surface area contributed by atoms with Crippen LogP contribution in [0.3, 0.4) is 0 Å². The number of carboxylic acid groups (broad SMARTS) is 2. The van der Waals surface area contributed by atoms with E-state index < -0.39 is 24.1 Å². The van der Waals surface area contributed by atoms with Gasteiger partial charge in [-0.3, -0.25) is 9.36 Å². The second-order valence-electron chi connectivity index (χ2n) is 10.1. The van der Waals surface area contributed by atoms with Crippen LogP contribution < -0.4 is 5.56 Å². The van der Waals surface area contributed by atoms with Crippen LogP contribution in [0.15, 0.2) is 27.5 Å². The summed E-state index contributed by atoms with van der Waals surface area (Å²) in [6.07, 6.45) is 1.28. The van der Waals surface area contributed by atoms with E-state index in [0.717, 1.165) is 92.9 Å². The number of carboxylic acids is 2. The van der Waals surface area contributed by atoms with Crippen molar-refractivity contribution in [3.8, 4) is 0 Å². The molecule has 3 aromatic rings. The van der Waals surface area contributed by atoms with Crippen molar-refractivity contribution in [1.29, 1.82) is 0 Å². The van der Waals surface area contributed by atoms with Crippen LogP contribution in [-0.2, 0) is 29.0 Å². The molecule has 0 aliphatic carbocycles. The van der Waals surface area contributed by atoms with Crippen LogP contribution in [0.25, 0.3) is 11.0 Å². The fourth-order valence-electron chi connectivity index (χ4n) is 5.21. The zero-order valence-electron chi connectivity index (χ0n) is 22.1. The first-order valence-corrected chi connectivity index (χ1v) is 13.2. The molecule has 4 N–H and O–H groups in total. The molecule has 4 heterocycles. The number of benzene rings is 1. The lowest BCUT2D eigenvalue weighted by molar-refractivity contribution is -0.165. The summed E-state index contributed by atoms with van der Waals surface area (Å²) in [5.41, 5.74) is 3.38. The molecule has 216 valence electrons. The van der Waals surface area contributed by atoms with E-state index in [0.29, 0.717) is 11.5 Å². The number of aliphatic hydroxyl groups is 2. The lowest BCUT2D eigenvalue weighted by Crippen LogP contribution is -2.39. The van der Waals surface area contributed by atoms with Crippen molar-refractivity contribution in [3.63, 3.8) is 0 Å². The van der Waals surface area contributed by atoms with Crippen molar-refractivity contribution in [3.05, 3.63) is 57.1 Å². The molecule has 0 saturated carbocycles. The second-order valence-corrected chi connectivity index (χ2v) is 10.1. The first-order valence-electron chi connectivity index (χ1n) is 13.2. The Balaban J connectivity index is 0.000000318. The number of halogens is 1. The monoisotopic (exact) mass is 560 g/mol. The summed E-state index contributed by atoms with van der Waals surface area (Å²) < 4.78 is 20.6. The molecule has 40 heavy (non-hydrogen) atoms. The molecule has 0 spiro atoms. The number of fused-ring (bicyclic) bond motifs is 2. The predicted octanol–water partition coefficient (Wildman–Crippen LogP) is 1.47. The van der Waals surface area contributed by atoms with Crippen molar-refractivity contribution in [1.82, 2.24) is 19.6 Å². The number of aromatic nitrogens is 3. The number of aliphatic hydroxyl groups excluding tert-OH is 2. The Kier molecular flexibility index (Phi) is 9.28. The fraction of sp³-hybridized carbons (Fsp3) is 0.519. The third kappa shape index (κ3) is 6.54. The summed E-state index contributed by atoms with van der Waals surface area (Å²) in [7, 11) is 0. The highest BCUT2D eigenvalue weighted by atomic mass is 19.1. The topological polar surface area (TPSA) is 179 Å². The van der Waals surface area contributed by atoms with Crippen molar-refractivity contribution in [2.75, 3.05) is 19.6 Å². The Morgan fingerprint density at radius 2 is 1.77 bits per heavy atom. The number of aryl methyl sites for hydroxylation is 2. The number of hydrogen-bond acceptors (Lipinski definition) is 9. The summed E-state index contributed by atoms with van der Waals surface area (Å²) in [5.74, 6) is -2.56. The first-order chi connectivity index (χ1) is 19.1. The van der Waals surface area contributed by atoms with Crippen molar-refractivity contribution < 1.29 is 38.9 Å². The average molecular weight is 561 g/mol. The van der Waals surface area contributed by atoms with Gasteiger partial charge in [-0.25, -0.2) is 19.0 Å². The van der Waals surface area contributed by atoms with E-state index in [1.807, 2.05) is 11.5 Å². The molecule has 2 aromatic heterocycles. The SMILES string of the molecule is Cc1nc2n(c(=O)c1CCN1CCC(c3noc4cc(F)ccc34)CC1)CCCC2.O=C(O)[C@H](O)[C@@H](O)C(=O)O. The molecule has 2 aliphatic heterocycles. The van der Waals surface area contributed by atoms with E-state index in [2.05, 4.69) is 10.1 Å². The Morgan fingerprint density at radius 1 is 1.10 bits per heavy atom. The quantitative estimate of drug-likeness (QED) is 0.329. The van der Waals surface area contributed by atoms with Crippen LogP contribution >= 0.6 is 0 Å². The van der Waals surface area contributed by atoms with Gasteiger partial charge >= 0.3 is 11.9 Å². The Morgan fingerprint density at radius 3 is 2.42 bits per heavy atom. The van der Waals surface area contributed by atoms with Crippen molar-refractivity contribution in [2.45, 2.75) is 70.1 Å². The fourth-order valence-corrected chi connectivity index (χ4v) is 5.21. The average Bonchev–Trinajstić information content (AvgIpc) is 3.35. The molecule has 0 unspecified atom stereocenters. The molecule has 0 radical (unpaired) electrons. The minimum Gasteiger partial charge on any atom is -0.479 e. The summed E-state index contributed by atoms with van der Waals surface area (Å²) in [6, 6.07) is 4.63. The van der Waals surface area contributed by atoms with Crippen molar-refractivity contribution in [2.24, 2.45) is 0 Å². The standard InChI is InChI=1S/C23H27FN4O2.C4H6O6/c1-15-18(23(29)28-10-3-2-4-21(28)25-15)9-13-27-11-7-16(8-12-27)22-19-6-5-17(24)14-20(19)30-26-22;5-1(3(7)8)2(6)4(9)10/h5-6,14,16H,2-4,7-13H2,1H3;1-2,5-6H,(H,7,8)(H,9,10)/t;1-,2-/m.1/s1. The molecule has 5 rings (SSSR count). The van der Waals surface area contributed by atoms with Crippen LogP contribution in [0, 0.1) is 12.7 Å². The minimum absolute atomic E-state index is 0.161. The van der Waals surface area contributed by atoms with Gasteiger partial charge in [0.25, 0.3) is 5.56 Å². The molecule has 1 aromatic carbocycles. The maximum Gasteiger partial charge on any atom is 0.335 e. The van der Waals surface area contributed by atoms with E-state index >= 15 is 0 Å². The highest BCUT2D eigenvalue weighted by Gasteiger charge is 2.29. The first kappa shape index (κ1) is 29.3. The van der Waals surface area contributed by atoms with Gasteiger partial charge in [0.1, 0.15) is 11.6 Å². The normalized spacial score (nSPS) is 17.5. The smallest absolute Gasteiger partial charge is 0.335 e. The van der Waals surface area contributed by atoms with E-state index in [9.17, 15) is 18.8 Å². The molecule has 2 aliphatic rings. The van der Waals surface area contributed by atoms with E-state index in [1.54, 1.807) is 6.07 Å². The third-order valence-corrected chi connectivity index (χ3v) is 7.50. The number of hydrogen-bond donors (Lipinski definition) is 4. The van der Waals surface area contributed by atoms with Crippen LogP contribution in [0.4, 0.5) is 4.39 Å². The van der Waals surface area contributed by atoms with Gasteiger partial charge in [-0.2, -0.15) is 0 Å². The van der Waals surface area contributed by atoms with Gasteiger partial charge in [-0.05, 0) is 64.3 Å². The molecular formula is C27H33FN4O8. The molecule has 2 atom stereocenters. The van der Waals surface area contributed by atoms with Gasteiger partial charge in [0, 0.05) is 48.1 Å². The molecule has 1 fully saturated rings. The maximum atomic E-state index is 13.4. The number of nitrogens with zero attached hydrogens (tertiary/aromatic N) is 4. The number of rotatable bonds is 7. The highest BCUT2D eigenvalue weighted by molar-refractivity contribution is 5.83. The molecule has 12 nitrogen and oxygen atoms in total. The second kappa shape index (κ2) is 12.7. The minimum atomic E-state index is -2.27. The van der Waals surface area contributed by atoms with Gasteiger partial charge < -0.3 is 29.8 Å². The largest absolute Gasteiger partial charge is 0.479 e. The van der Waals surface area contributed by atoms with E-state index in [4.69, 9.17) is 29.9 Å².